The van der Waals surface area contributed by atoms with Crippen molar-refractivity contribution in [2.24, 2.45) is 0 Å². The fourth-order valence-electron chi connectivity index (χ4n) is 3.73. The van der Waals surface area contributed by atoms with Crippen LogP contribution < -0.4 is 4.74 Å². The highest BCUT2D eigenvalue weighted by Gasteiger charge is 2.41. The van der Waals surface area contributed by atoms with Crippen LogP contribution in [0, 0.1) is 0 Å². The van der Waals surface area contributed by atoms with E-state index in [2.05, 4.69) is 30.3 Å². The predicted octanol–water partition coefficient (Wildman–Crippen LogP) is 5.20. The van der Waals surface area contributed by atoms with Crippen molar-refractivity contribution >= 4 is 6.16 Å². The molecule has 2 aromatic carbocycles. The molecule has 4 rings (SSSR count). The molecular formula is C23H21F3N6O3. The SMILES string of the molecule is CCCCc1nc(C(F)(F)F)c(OC(=O)O)n1Cc1ccc(-c2ccccc2-c2nnn[nH]2)cc1. The van der Waals surface area contributed by atoms with Crippen molar-refractivity contribution in [1.82, 2.24) is 30.2 Å². The molecule has 0 aliphatic rings. The number of benzene rings is 2. The Morgan fingerprint density at radius 2 is 1.83 bits per heavy atom. The molecule has 0 bridgehead atoms. The van der Waals surface area contributed by atoms with E-state index in [0.717, 1.165) is 23.1 Å². The number of hydrogen-bond donors (Lipinski definition) is 2. The second-order valence-electron chi connectivity index (χ2n) is 7.73. The van der Waals surface area contributed by atoms with Gasteiger partial charge in [-0.2, -0.15) is 13.2 Å². The number of nitrogens with one attached hydrogen (secondary N) is 1. The van der Waals surface area contributed by atoms with E-state index in [1.165, 1.54) is 4.57 Å². The molecule has 182 valence electrons. The Bertz CT molecular complexity index is 1300. The molecule has 4 aromatic rings. The van der Waals surface area contributed by atoms with Crippen LogP contribution in [-0.4, -0.2) is 41.4 Å². The van der Waals surface area contributed by atoms with E-state index in [0.29, 0.717) is 17.8 Å². The van der Waals surface area contributed by atoms with Gasteiger partial charge >= 0.3 is 12.3 Å². The van der Waals surface area contributed by atoms with Gasteiger partial charge in [-0.15, -0.1) is 5.10 Å². The molecule has 2 N–H and O–H groups in total. The number of carbonyl (C=O) groups is 1. The third kappa shape index (κ3) is 5.31. The number of aromatic amines is 1. The minimum Gasteiger partial charge on any atom is -0.449 e. The third-order valence-corrected chi connectivity index (χ3v) is 5.34. The van der Waals surface area contributed by atoms with Gasteiger partial charge in [-0.25, -0.2) is 14.9 Å². The van der Waals surface area contributed by atoms with Gasteiger partial charge in [0.2, 0.25) is 11.6 Å². The van der Waals surface area contributed by atoms with Crippen LogP contribution in [0.25, 0.3) is 22.5 Å². The first-order chi connectivity index (χ1) is 16.8. The maximum Gasteiger partial charge on any atom is 0.512 e. The molecule has 2 heterocycles. The number of imidazole rings is 1. The van der Waals surface area contributed by atoms with E-state index >= 15 is 0 Å². The molecule has 0 aliphatic heterocycles. The third-order valence-electron chi connectivity index (χ3n) is 5.34. The monoisotopic (exact) mass is 486 g/mol. The van der Waals surface area contributed by atoms with Crippen molar-refractivity contribution in [2.75, 3.05) is 0 Å². The smallest absolute Gasteiger partial charge is 0.449 e. The average Bonchev–Trinajstić information content (AvgIpc) is 3.47. The van der Waals surface area contributed by atoms with Crippen LogP contribution in [0.1, 0.15) is 36.8 Å². The zero-order valence-electron chi connectivity index (χ0n) is 18.6. The van der Waals surface area contributed by atoms with E-state index in [1.807, 2.05) is 43.3 Å². The molecule has 0 unspecified atom stereocenters. The Morgan fingerprint density at radius 1 is 1.11 bits per heavy atom. The lowest BCUT2D eigenvalue weighted by molar-refractivity contribution is -0.142. The summed E-state index contributed by atoms with van der Waals surface area (Å²) in [6.07, 6.45) is -5.13. The van der Waals surface area contributed by atoms with E-state index in [4.69, 9.17) is 5.11 Å². The summed E-state index contributed by atoms with van der Waals surface area (Å²) in [5.41, 5.74) is 1.78. The summed E-state index contributed by atoms with van der Waals surface area (Å²) < 4.78 is 46.5. The number of aromatic nitrogens is 6. The lowest BCUT2D eigenvalue weighted by atomic mass is 9.98. The minimum atomic E-state index is -4.86. The van der Waals surface area contributed by atoms with Crippen LogP contribution in [0.3, 0.4) is 0 Å². The van der Waals surface area contributed by atoms with Crippen LogP contribution in [0.4, 0.5) is 18.0 Å². The summed E-state index contributed by atoms with van der Waals surface area (Å²) in [6, 6.07) is 14.7. The molecule has 0 radical (unpaired) electrons. The molecule has 0 saturated carbocycles. The number of tetrazole rings is 1. The standard InChI is InChI=1S/C23H21F3N6O3/c1-2-3-8-18-27-19(23(24,25)26)21(35-22(33)34)32(18)13-14-9-11-15(12-10-14)16-6-4-5-7-17(16)20-28-30-31-29-20/h4-7,9-12H,2-3,8,13H2,1H3,(H,33,34)(H,28,29,30,31). The summed E-state index contributed by atoms with van der Waals surface area (Å²) in [5.74, 6) is -0.218. The number of ether oxygens (including phenoxy) is 1. The fraction of sp³-hybridized carbons (Fsp3) is 0.261. The van der Waals surface area contributed by atoms with E-state index in [9.17, 15) is 18.0 Å². The predicted molar refractivity (Wildman–Crippen MR) is 119 cm³/mol. The van der Waals surface area contributed by atoms with Crippen molar-refractivity contribution in [3.8, 4) is 28.4 Å². The molecule has 0 aliphatic carbocycles. The van der Waals surface area contributed by atoms with Crippen molar-refractivity contribution in [3.63, 3.8) is 0 Å². The number of nitrogens with zero attached hydrogens (tertiary/aromatic N) is 5. The van der Waals surface area contributed by atoms with Crippen LogP contribution in [0.5, 0.6) is 5.88 Å². The second-order valence-corrected chi connectivity index (χ2v) is 7.73. The zero-order chi connectivity index (χ0) is 25.0. The van der Waals surface area contributed by atoms with Gasteiger partial charge in [0.25, 0.3) is 0 Å². The molecule has 0 amide bonds. The Morgan fingerprint density at radius 3 is 2.43 bits per heavy atom. The molecule has 0 fully saturated rings. The van der Waals surface area contributed by atoms with Gasteiger partial charge < -0.3 is 9.84 Å². The minimum absolute atomic E-state index is 0.0430. The van der Waals surface area contributed by atoms with Gasteiger partial charge in [-0.3, -0.25) is 4.57 Å². The first kappa shape index (κ1) is 23.9. The summed E-state index contributed by atoms with van der Waals surface area (Å²) in [7, 11) is 0. The summed E-state index contributed by atoms with van der Waals surface area (Å²) >= 11 is 0. The molecule has 2 aromatic heterocycles. The highest BCUT2D eigenvalue weighted by Crippen LogP contribution is 2.37. The highest BCUT2D eigenvalue weighted by atomic mass is 19.4. The van der Waals surface area contributed by atoms with E-state index in [1.54, 1.807) is 12.1 Å². The summed E-state index contributed by atoms with van der Waals surface area (Å²) in [6.45, 7) is 1.86. The largest absolute Gasteiger partial charge is 0.512 e. The number of aryl methyl sites for hydroxylation is 1. The lowest BCUT2D eigenvalue weighted by Gasteiger charge is -2.13. The van der Waals surface area contributed by atoms with Crippen LogP contribution in [0.15, 0.2) is 48.5 Å². The lowest BCUT2D eigenvalue weighted by Crippen LogP contribution is -2.15. The number of carboxylic acid groups (broad SMARTS) is 1. The highest BCUT2D eigenvalue weighted by molar-refractivity contribution is 5.80. The summed E-state index contributed by atoms with van der Waals surface area (Å²) in [5, 5.41) is 23.0. The Hall–Kier alpha value is -4.22. The van der Waals surface area contributed by atoms with Crippen LogP contribution >= 0.6 is 0 Å². The number of unbranched alkanes of at least 4 members (excludes halogenated alkanes) is 1. The van der Waals surface area contributed by atoms with E-state index < -0.39 is 23.9 Å². The average molecular weight is 486 g/mol. The molecule has 0 saturated heterocycles. The molecule has 0 atom stereocenters. The van der Waals surface area contributed by atoms with Gasteiger partial charge in [-0.05, 0) is 33.5 Å². The molecular weight excluding hydrogens is 465 g/mol. The zero-order valence-corrected chi connectivity index (χ0v) is 18.6. The van der Waals surface area contributed by atoms with Gasteiger partial charge in [0.05, 0.1) is 6.54 Å². The first-order valence-corrected chi connectivity index (χ1v) is 10.8. The normalized spacial score (nSPS) is 11.5. The Labute approximate surface area is 197 Å². The van der Waals surface area contributed by atoms with Crippen molar-refractivity contribution < 1.29 is 27.8 Å². The van der Waals surface area contributed by atoms with Gasteiger partial charge in [0.1, 0.15) is 5.82 Å². The van der Waals surface area contributed by atoms with Crippen molar-refractivity contribution in [3.05, 3.63) is 65.6 Å². The van der Waals surface area contributed by atoms with Crippen LogP contribution in [-0.2, 0) is 19.1 Å². The summed E-state index contributed by atoms with van der Waals surface area (Å²) in [4.78, 5) is 14.9. The molecule has 0 spiro atoms. The van der Waals surface area contributed by atoms with Gasteiger partial charge in [-0.1, -0.05) is 61.9 Å². The number of alkyl halides is 3. The van der Waals surface area contributed by atoms with E-state index in [-0.39, 0.29) is 18.8 Å². The molecule has 12 heteroatoms. The van der Waals surface area contributed by atoms with Gasteiger partial charge in [0.15, 0.2) is 5.82 Å². The first-order valence-electron chi connectivity index (χ1n) is 10.8. The molecule has 9 nitrogen and oxygen atoms in total. The maximum atomic E-state index is 13.6. The quantitative estimate of drug-likeness (QED) is 0.329. The molecule has 35 heavy (non-hydrogen) atoms. The van der Waals surface area contributed by atoms with Crippen LogP contribution in [0.2, 0.25) is 0 Å². The second kappa shape index (κ2) is 9.95. The van der Waals surface area contributed by atoms with Gasteiger partial charge in [0, 0.05) is 12.0 Å². The fourth-order valence-corrected chi connectivity index (χ4v) is 3.73. The number of rotatable bonds is 8. The van der Waals surface area contributed by atoms with Crippen molar-refractivity contribution in [2.45, 2.75) is 38.9 Å². The maximum absolute atomic E-state index is 13.6. The Kier molecular flexibility index (Phi) is 6.80. The Balaban J connectivity index is 1.70. The number of halogens is 3. The number of H-pyrrole nitrogens is 1. The topological polar surface area (TPSA) is 119 Å². The number of hydrogen-bond acceptors (Lipinski definition) is 6. The van der Waals surface area contributed by atoms with Crippen molar-refractivity contribution in [1.29, 1.82) is 0 Å².